The van der Waals surface area contributed by atoms with Crippen LogP contribution in [0.2, 0.25) is 5.02 Å². The van der Waals surface area contributed by atoms with Gasteiger partial charge in [-0.2, -0.15) is 0 Å². The van der Waals surface area contributed by atoms with Crippen LogP contribution in [-0.4, -0.2) is 26.2 Å². The fraction of sp³-hybridized carbons (Fsp3) is 0.364. The predicted molar refractivity (Wildman–Crippen MR) is 66.6 cm³/mol. The summed E-state index contributed by atoms with van der Waals surface area (Å²) in [5.74, 6) is -1.16. The second-order valence-electron chi connectivity index (χ2n) is 3.48. The minimum absolute atomic E-state index is 0.0638. The Morgan fingerprint density at radius 3 is 2.83 bits per heavy atom. The Hall–Kier alpha value is -1.40. The topological polar surface area (TPSA) is 59.6 Å². The molecule has 0 radical (unpaired) electrons. The molecule has 7 heteroatoms. The molecule has 0 aliphatic carbocycles. The van der Waals surface area contributed by atoms with Crippen LogP contribution in [0.25, 0.3) is 0 Å². The van der Waals surface area contributed by atoms with Crippen molar-refractivity contribution in [2.24, 2.45) is 10.7 Å². The third kappa shape index (κ3) is 4.46. The molecule has 18 heavy (non-hydrogen) atoms. The Kier molecular flexibility index (Phi) is 5.80. The van der Waals surface area contributed by atoms with Crippen LogP contribution in [0.5, 0.6) is 0 Å². The number of nitrogens with zero attached hydrogens (tertiary/aromatic N) is 1. The summed E-state index contributed by atoms with van der Waals surface area (Å²) in [5.41, 5.74) is 5.61. The van der Waals surface area contributed by atoms with Crippen LogP contribution in [-0.2, 0) is 11.3 Å². The van der Waals surface area contributed by atoms with E-state index in [9.17, 15) is 8.78 Å². The number of hydrogen-bond acceptors (Lipinski definition) is 2. The van der Waals surface area contributed by atoms with Gasteiger partial charge >= 0.3 is 0 Å². The SMILES string of the molecule is COCCNC(N)=NCc1cc(F)c(Cl)cc1F. The van der Waals surface area contributed by atoms with Crippen molar-refractivity contribution in [3.8, 4) is 0 Å². The lowest BCUT2D eigenvalue weighted by Gasteiger charge is -2.05. The van der Waals surface area contributed by atoms with Crippen molar-refractivity contribution >= 4 is 17.6 Å². The maximum atomic E-state index is 13.4. The van der Waals surface area contributed by atoms with E-state index in [2.05, 4.69) is 10.3 Å². The highest BCUT2D eigenvalue weighted by Crippen LogP contribution is 2.19. The molecule has 1 rings (SSSR count). The molecule has 0 fully saturated rings. The number of nitrogens with one attached hydrogen (secondary N) is 1. The number of guanidine groups is 1. The van der Waals surface area contributed by atoms with Gasteiger partial charge in [-0.1, -0.05) is 11.6 Å². The van der Waals surface area contributed by atoms with Gasteiger partial charge in [0.2, 0.25) is 0 Å². The van der Waals surface area contributed by atoms with Crippen LogP contribution in [0, 0.1) is 11.6 Å². The number of rotatable bonds is 5. The molecule has 100 valence electrons. The number of halogens is 3. The van der Waals surface area contributed by atoms with Crippen molar-refractivity contribution < 1.29 is 13.5 Å². The number of nitrogens with two attached hydrogens (primary N) is 1. The molecule has 0 atom stereocenters. The molecule has 1 aromatic rings. The van der Waals surface area contributed by atoms with Gasteiger partial charge in [-0.15, -0.1) is 0 Å². The summed E-state index contributed by atoms with van der Waals surface area (Å²) >= 11 is 5.43. The zero-order valence-corrected chi connectivity index (χ0v) is 10.6. The first-order chi connectivity index (χ1) is 8.54. The molecule has 0 aromatic heterocycles. The number of benzene rings is 1. The molecule has 0 aliphatic rings. The molecule has 0 spiro atoms. The second-order valence-corrected chi connectivity index (χ2v) is 3.89. The van der Waals surface area contributed by atoms with Gasteiger partial charge in [0.05, 0.1) is 18.2 Å². The normalized spacial score (nSPS) is 11.7. The third-order valence-corrected chi connectivity index (χ3v) is 2.41. The first kappa shape index (κ1) is 14.7. The highest BCUT2D eigenvalue weighted by atomic mass is 35.5. The van der Waals surface area contributed by atoms with Crippen LogP contribution in [0.15, 0.2) is 17.1 Å². The maximum absolute atomic E-state index is 13.4. The minimum atomic E-state index is -0.686. The summed E-state index contributed by atoms with van der Waals surface area (Å²) in [6.07, 6.45) is 0. The molecule has 1 aromatic carbocycles. The monoisotopic (exact) mass is 277 g/mol. The quantitative estimate of drug-likeness (QED) is 0.372. The lowest BCUT2D eigenvalue weighted by Crippen LogP contribution is -2.34. The number of aliphatic imine (C=N–C) groups is 1. The summed E-state index contributed by atoms with van der Waals surface area (Å²) < 4.78 is 31.3. The molecule has 0 amide bonds. The van der Waals surface area contributed by atoms with Crippen molar-refractivity contribution in [2.75, 3.05) is 20.3 Å². The fourth-order valence-corrected chi connectivity index (χ4v) is 1.34. The van der Waals surface area contributed by atoms with Gasteiger partial charge in [0.1, 0.15) is 11.6 Å². The molecule has 0 heterocycles. The van der Waals surface area contributed by atoms with Crippen molar-refractivity contribution in [3.05, 3.63) is 34.4 Å². The Balaban J connectivity index is 2.62. The Labute approximate surface area is 109 Å². The van der Waals surface area contributed by atoms with Gasteiger partial charge in [-0.05, 0) is 12.1 Å². The van der Waals surface area contributed by atoms with Crippen LogP contribution >= 0.6 is 11.6 Å². The zero-order chi connectivity index (χ0) is 13.5. The van der Waals surface area contributed by atoms with E-state index in [1.807, 2.05) is 0 Å². The van der Waals surface area contributed by atoms with Crippen molar-refractivity contribution in [1.82, 2.24) is 5.32 Å². The highest BCUT2D eigenvalue weighted by molar-refractivity contribution is 6.30. The summed E-state index contributed by atoms with van der Waals surface area (Å²) in [6.45, 7) is 0.898. The molecule has 0 saturated heterocycles. The molecule has 0 saturated carbocycles. The molecule has 0 aliphatic heterocycles. The van der Waals surface area contributed by atoms with Crippen LogP contribution in [0.4, 0.5) is 8.78 Å². The smallest absolute Gasteiger partial charge is 0.189 e. The lowest BCUT2D eigenvalue weighted by atomic mass is 10.2. The third-order valence-electron chi connectivity index (χ3n) is 2.12. The van der Waals surface area contributed by atoms with E-state index in [1.54, 1.807) is 7.11 Å². The molecule has 0 bridgehead atoms. The number of ether oxygens (including phenoxy) is 1. The van der Waals surface area contributed by atoms with Crippen LogP contribution in [0.1, 0.15) is 5.56 Å². The predicted octanol–water partition coefficient (Wildman–Crippen LogP) is 1.67. The van der Waals surface area contributed by atoms with Gasteiger partial charge in [0.25, 0.3) is 0 Å². The van der Waals surface area contributed by atoms with Gasteiger partial charge in [-0.25, -0.2) is 13.8 Å². The Bertz CT molecular complexity index is 441. The van der Waals surface area contributed by atoms with E-state index in [0.717, 1.165) is 12.1 Å². The number of hydrogen-bond donors (Lipinski definition) is 2. The molecular formula is C11H14ClF2N3O. The van der Waals surface area contributed by atoms with E-state index in [1.165, 1.54) is 0 Å². The van der Waals surface area contributed by atoms with E-state index in [0.29, 0.717) is 13.2 Å². The first-order valence-electron chi connectivity index (χ1n) is 5.20. The van der Waals surface area contributed by atoms with Crippen molar-refractivity contribution in [2.45, 2.75) is 6.54 Å². The van der Waals surface area contributed by atoms with E-state index >= 15 is 0 Å². The first-order valence-corrected chi connectivity index (χ1v) is 5.58. The van der Waals surface area contributed by atoms with Gasteiger partial charge in [0.15, 0.2) is 5.96 Å². The molecule has 4 nitrogen and oxygen atoms in total. The standard InChI is InChI=1S/C11H14ClF2N3O/c1-18-3-2-16-11(15)17-6-7-4-10(14)8(12)5-9(7)13/h4-5H,2-3,6H2,1H3,(H3,15,16,17). The summed E-state index contributed by atoms with van der Waals surface area (Å²) in [6, 6.07) is 1.92. The van der Waals surface area contributed by atoms with Gasteiger partial charge < -0.3 is 15.8 Å². The molecular weight excluding hydrogens is 264 g/mol. The second kappa shape index (κ2) is 7.13. The van der Waals surface area contributed by atoms with Crippen molar-refractivity contribution in [3.63, 3.8) is 0 Å². The average molecular weight is 278 g/mol. The lowest BCUT2D eigenvalue weighted by molar-refractivity contribution is 0.204. The van der Waals surface area contributed by atoms with E-state index in [4.69, 9.17) is 22.1 Å². The fourth-order valence-electron chi connectivity index (χ4n) is 1.19. The van der Waals surface area contributed by atoms with Gasteiger partial charge in [0, 0.05) is 19.2 Å². The average Bonchev–Trinajstić information content (AvgIpc) is 2.32. The largest absolute Gasteiger partial charge is 0.383 e. The van der Waals surface area contributed by atoms with Gasteiger partial charge in [-0.3, -0.25) is 0 Å². The Morgan fingerprint density at radius 1 is 1.44 bits per heavy atom. The highest BCUT2D eigenvalue weighted by Gasteiger charge is 2.08. The summed E-state index contributed by atoms with van der Waals surface area (Å²) in [4.78, 5) is 3.88. The van der Waals surface area contributed by atoms with Crippen LogP contribution < -0.4 is 11.1 Å². The van der Waals surface area contributed by atoms with E-state index < -0.39 is 11.6 Å². The zero-order valence-electron chi connectivity index (χ0n) is 9.84. The van der Waals surface area contributed by atoms with E-state index in [-0.39, 0.29) is 23.1 Å². The van der Waals surface area contributed by atoms with Crippen molar-refractivity contribution in [1.29, 1.82) is 0 Å². The molecule has 3 N–H and O–H groups in total. The number of methoxy groups -OCH3 is 1. The maximum Gasteiger partial charge on any atom is 0.189 e. The Morgan fingerprint density at radius 2 is 2.17 bits per heavy atom. The molecule has 0 unspecified atom stereocenters. The summed E-state index contributed by atoms with van der Waals surface area (Å²) in [5, 5.41) is 2.50. The van der Waals surface area contributed by atoms with Crippen LogP contribution in [0.3, 0.4) is 0 Å². The minimum Gasteiger partial charge on any atom is -0.383 e. The summed E-state index contributed by atoms with van der Waals surface area (Å²) in [7, 11) is 1.56.